The van der Waals surface area contributed by atoms with E-state index in [-0.39, 0.29) is 5.91 Å². The summed E-state index contributed by atoms with van der Waals surface area (Å²) in [7, 11) is 1.59. The molecule has 0 bridgehead atoms. The SMILES string of the molecule is CNC(=O)[C@@H](N)Cc1c[nH]c2ccccc12. The summed E-state index contributed by atoms with van der Waals surface area (Å²) in [6.07, 6.45) is 2.46. The van der Waals surface area contributed by atoms with Gasteiger partial charge in [-0.3, -0.25) is 4.79 Å². The Kier molecular flexibility index (Phi) is 2.92. The van der Waals surface area contributed by atoms with Crippen LogP contribution in [0.3, 0.4) is 0 Å². The van der Waals surface area contributed by atoms with Crippen molar-refractivity contribution in [3.63, 3.8) is 0 Å². The summed E-state index contributed by atoms with van der Waals surface area (Å²) in [5.74, 6) is -0.134. The number of nitrogens with one attached hydrogen (secondary N) is 2. The van der Waals surface area contributed by atoms with Crippen molar-refractivity contribution >= 4 is 16.8 Å². The van der Waals surface area contributed by atoms with Crippen molar-refractivity contribution in [3.05, 3.63) is 36.0 Å². The van der Waals surface area contributed by atoms with Gasteiger partial charge in [-0.15, -0.1) is 0 Å². The van der Waals surface area contributed by atoms with Crippen LogP contribution in [-0.4, -0.2) is 24.0 Å². The lowest BCUT2D eigenvalue weighted by Gasteiger charge is -2.08. The number of hydrogen-bond donors (Lipinski definition) is 3. The maximum Gasteiger partial charge on any atom is 0.237 e. The van der Waals surface area contributed by atoms with Crippen LogP contribution in [0.15, 0.2) is 30.5 Å². The molecule has 84 valence electrons. The van der Waals surface area contributed by atoms with E-state index in [9.17, 15) is 4.79 Å². The molecule has 1 aromatic carbocycles. The van der Waals surface area contributed by atoms with Gasteiger partial charge in [-0.1, -0.05) is 18.2 Å². The molecule has 0 aliphatic rings. The number of carbonyl (C=O) groups is 1. The highest BCUT2D eigenvalue weighted by atomic mass is 16.2. The molecule has 4 heteroatoms. The third-order valence-corrected chi connectivity index (χ3v) is 2.70. The summed E-state index contributed by atoms with van der Waals surface area (Å²) in [6.45, 7) is 0. The predicted molar refractivity (Wildman–Crippen MR) is 64.0 cm³/mol. The molecule has 0 radical (unpaired) electrons. The summed E-state index contributed by atoms with van der Waals surface area (Å²) in [5, 5.41) is 3.68. The Morgan fingerprint density at radius 2 is 2.25 bits per heavy atom. The molecule has 0 unspecified atom stereocenters. The van der Waals surface area contributed by atoms with Crippen molar-refractivity contribution in [2.75, 3.05) is 7.05 Å². The standard InChI is InChI=1S/C12H15N3O/c1-14-12(16)10(13)6-8-7-15-11-5-3-2-4-9(8)11/h2-5,7,10,15H,6,13H2,1H3,(H,14,16)/t10-/m0/s1. The maximum atomic E-state index is 11.3. The Bertz CT molecular complexity index is 504. The van der Waals surface area contributed by atoms with Crippen molar-refractivity contribution < 1.29 is 4.79 Å². The van der Waals surface area contributed by atoms with Crippen LogP contribution in [0.25, 0.3) is 10.9 Å². The number of fused-ring (bicyclic) bond motifs is 1. The van der Waals surface area contributed by atoms with Gasteiger partial charge in [0, 0.05) is 24.1 Å². The average Bonchev–Trinajstić information content (AvgIpc) is 2.72. The first-order valence-corrected chi connectivity index (χ1v) is 5.24. The van der Waals surface area contributed by atoms with E-state index in [2.05, 4.69) is 10.3 Å². The van der Waals surface area contributed by atoms with Crippen molar-refractivity contribution in [3.8, 4) is 0 Å². The molecule has 0 aliphatic carbocycles. The predicted octanol–water partition coefficient (Wildman–Crippen LogP) is 0.784. The normalized spacial score (nSPS) is 12.6. The van der Waals surface area contributed by atoms with E-state index in [1.165, 1.54) is 0 Å². The highest BCUT2D eigenvalue weighted by molar-refractivity contribution is 5.85. The summed E-state index contributed by atoms with van der Waals surface area (Å²) in [5.41, 5.74) is 7.93. The number of benzene rings is 1. The van der Waals surface area contributed by atoms with Gasteiger partial charge in [0.1, 0.15) is 0 Å². The molecular weight excluding hydrogens is 202 g/mol. The first-order valence-electron chi connectivity index (χ1n) is 5.24. The van der Waals surface area contributed by atoms with E-state index >= 15 is 0 Å². The van der Waals surface area contributed by atoms with Crippen LogP contribution >= 0.6 is 0 Å². The number of nitrogens with two attached hydrogens (primary N) is 1. The third kappa shape index (κ3) is 1.92. The molecule has 1 aromatic heterocycles. The number of aromatic nitrogens is 1. The fourth-order valence-corrected chi connectivity index (χ4v) is 1.82. The van der Waals surface area contributed by atoms with Gasteiger partial charge in [-0.05, 0) is 18.1 Å². The zero-order valence-electron chi connectivity index (χ0n) is 9.16. The number of para-hydroxylation sites is 1. The molecular formula is C12H15N3O. The zero-order valence-corrected chi connectivity index (χ0v) is 9.16. The molecule has 0 aliphatic heterocycles. The highest BCUT2D eigenvalue weighted by Gasteiger charge is 2.14. The number of amides is 1. The smallest absolute Gasteiger partial charge is 0.237 e. The molecule has 0 spiro atoms. The molecule has 2 rings (SSSR count). The molecule has 0 saturated carbocycles. The lowest BCUT2D eigenvalue weighted by atomic mass is 10.1. The quantitative estimate of drug-likeness (QED) is 0.711. The number of hydrogen-bond acceptors (Lipinski definition) is 2. The topological polar surface area (TPSA) is 70.9 Å². The average molecular weight is 217 g/mol. The van der Waals surface area contributed by atoms with Gasteiger partial charge in [0.25, 0.3) is 0 Å². The molecule has 1 atom stereocenters. The van der Waals surface area contributed by atoms with Crippen molar-refractivity contribution in [1.29, 1.82) is 0 Å². The Hall–Kier alpha value is -1.81. The Morgan fingerprint density at radius 1 is 1.50 bits per heavy atom. The molecule has 1 heterocycles. The number of likely N-dealkylation sites (N-methyl/N-ethyl adjacent to an activating group) is 1. The third-order valence-electron chi connectivity index (χ3n) is 2.70. The Morgan fingerprint density at radius 3 is 3.00 bits per heavy atom. The van der Waals surface area contributed by atoms with Crippen molar-refractivity contribution in [2.24, 2.45) is 5.73 Å². The second-order valence-corrected chi connectivity index (χ2v) is 3.78. The number of carbonyl (C=O) groups excluding carboxylic acids is 1. The van der Waals surface area contributed by atoms with Crippen molar-refractivity contribution in [2.45, 2.75) is 12.5 Å². The molecule has 4 N–H and O–H groups in total. The van der Waals surface area contributed by atoms with Crippen LogP contribution in [0.5, 0.6) is 0 Å². The number of H-pyrrole nitrogens is 1. The second kappa shape index (κ2) is 4.37. The van der Waals surface area contributed by atoms with Gasteiger partial charge in [-0.2, -0.15) is 0 Å². The van der Waals surface area contributed by atoms with Crippen LogP contribution in [0.2, 0.25) is 0 Å². The summed E-state index contributed by atoms with van der Waals surface area (Å²) in [6, 6.07) is 7.48. The minimum absolute atomic E-state index is 0.134. The van der Waals surface area contributed by atoms with E-state index in [1.54, 1.807) is 7.05 Å². The van der Waals surface area contributed by atoms with Crippen LogP contribution in [0, 0.1) is 0 Å². The molecule has 16 heavy (non-hydrogen) atoms. The van der Waals surface area contributed by atoms with Gasteiger partial charge in [-0.25, -0.2) is 0 Å². The zero-order chi connectivity index (χ0) is 11.5. The summed E-state index contributed by atoms with van der Waals surface area (Å²) in [4.78, 5) is 14.5. The fraction of sp³-hybridized carbons (Fsp3) is 0.250. The van der Waals surface area contributed by atoms with E-state index in [1.807, 2.05) is 30.5 Å². The molecule has 0 saturated heterocycles. The number of aromatic amines is 1. The molecule has 2 aromatic rings. The van der Waals surface area contributed by atoms with Crippen LogP contribution in [0.4, 0.5) is 0 Å². The Balaban J connectivity index is 2.24. The number of rotatable bonds is 3. The van der Waals surface area contributed by atoms with E-state index in [0.29, 0.717) is 6.42 Å². The first-order chi connectivity index (χ1) is 7.72. The van der Waals surface area contributed by atoms with Crippen LogP contribution in [0.1, 0.15) is 5.56 Å². The lowest BCUT2D eigenvalue weighted by Crippen LogP contribution is -2.40. The van der Waals surface area contributed by atoms with Gasteiger partial charge in [0.2, 0.25) is 5.91 Å². The lowest BCUT2D eigenvalue weighted by molar-refractivity contribution is -0.121. The minimum Gasteiger partial charge on any atom is -0.361 e. The van der Waals surface area contributed by atoms with E-state index < -0.39 is 6.04 Å². The second-order valence-electron chi connectivity index (χ2n) is 3.78. The van der Waals surface area contributed by atoms with Crippen LogP contribution < -0.4 is 11.1 Å². The van der Waals surface area contributed by atoms with Gasteiger partial charge in [0.05, 0.1) is 6.04 Å². The molecule has 0 fully saturated rings. The van der Waals surface area contributed by atoms with Gasteiger partial charge in [0.15, 0.2) is 0 Å². The van der Waals surface area contributed by atoms with Crippen LogP contribution in [-0.2, 0) is 11.2 Å². The highest BCUT2D eigenvalue weighted by Crippen LogP contribution is 2.18. The van der Waals surface area contributed by atoms with Gasteiger partial charge < -0.3 is 16.0 Å². The minimum atomic E-state index is -0.496. The Labute approximate surface area is 93.8 Å². The van der Waals surface area contributed by atoms with E-state index in [4.69, 9.17) is 5.73 Å². The maximum absolute atomic E-state index is 11.3. The monoisotopic (exact) mass is 217 g/mol. The van der Waals surface area contributed by atoms with E-state index in [0.717, 1.165) is 16.5 Å². The molecule has 1 amide bonds. The largest absolute Gasteiger partial charge is 0.361 e. The molecule has 4 nitrogen and oxygen atoms in total. The summed E-state index contributed by atoms with van der Waals surface area (Å²) < 4.78 is 0. The van der Waals surface area contributed by atoms with Gasteiger partial charge >= 0.3 is 0 Å². The first kappa shape index (κ1) is 10.7. The summed E-state index contributed by atoms with van der Waals surface area (Å²) >= 11 is 0. The fourth-order valence-electron chi connectivity index (χ4n) is 1.82. The van der Waals surface area contributed by atoms with Crippen molar-refractivity contribution in [1.82, 2.24) is 10.3 Å².